The molecule has 2 aromatic rings. The molecule has 2 rings (SSSR count). The quantitative estimate of drug-likeness (QED) is 0.696. The van der Waals surface area contributed by atoms with Crippen LogP contribution in [0.4, 0.5) is 5.69 Å². The lowest BCUT2D eigenvalue weighted by molar-refractivity contribution is -0.122. The molecular formula is C23H31NO2. The Morgan fingerprint density at radius 2 is 1.46 bits per heavy atom. The first-order valence-electron chi connectivity index (χ1n) is 9.38. The Hall–Kier alpha value is -2.29. The molecule has 0 aliphatic carbocycles. The number of nitrogens with one attached hydrogen (secondary N) is 1. The van der Waals surface area contributed by atoms with E-state index < -0.39 is 6.10 Å². The summed E-state index contributed by atoms with van der Waals surface area (Å²) in [6.07, 6.45) is -0.572. The summed E-state index contributed by atoms with van der Waals surface area (Å²) in [5.74, 6) is 1.26. The van der Waals surface area contributed by atoms with Crippen LogP contribution >= 0.6 is 0 Å². The van der Waals surface area contributed by atoms with Crippen molar-refractivity contribution in [1.29, 1.82) is 0 Å². The molecule has 3 heteroatoms. The lowest BCUT2D eigenvalue weighted by Gasteiger charge is -2.22. The standard InChI is InChI=1S/C23H31NO2/c1-14(2)20-9-8-10-21(15(3)4)22(20)24-23(25)18(7)26-19-12-11-16(5)17(6)13-19/h8-15,18H,1-7H3,(H,24,25). The molecule has 0 saturated carbocycles. The SMILES string of the molecule is Cc1ccc(OC(C)C(=O)Nc2c(C(C)C)cccc2C(C)C)cc1C. The largest absolute Gasteiger partial charge is 0.481 e. The molecule has 1 N–H and O–H groups in total. The van der Waals surface area contributed by atoms with Gasteiger partial charge < -0.3 is 10.1 Å². The van der Waals surface area contributed by atoms with Crippen molar-refractivity contribution >= 4 is 11.6 Å². The molecule has 1 unspecified atom stereocenters. The summed E-state index contributed by atoms with van der Waals surface area (Å²) < 4.78 is 5.87. The molecule has 140 valence electrons. The van der Waals surface area contributed by atoms with E-state index in [4.69, 9.17) is 4.74 Å². The zero-order valence-corrected chi connectivity index (χ0v) is 17.0. The first-order valence-corrected chi connectivity index (χ1v) is 9.38. The third-order valence-corrected chi connectivity index (χ3v) is 4.78. The van der Waals surface area contributed by atoms with Gasteiger partial charge in [0.05, 0.1) is 0 Å². The van der Waals surface area contributed by atoms with E-state index in [2.05, 4.69) is 58.1 Å². The van der Waals surface area contributed by atoms with Gasteiger partial charge >= 0.3 is 0 Å². The minimum Gasteiger partial charge on any atom is -0.481 e. The summed E-state index contributed by atoms with van der Waals surface area (Å²) in [6.45, 7) is 14.5. The van der Waals surface area contributed by atoms with Crippen LogP contribution in [0.15, 0.2) is 36.4 Å². The first-order chi connectivity index (χ1) is 12.2. The lowest BCUT2D eigenvalue weighted by atomic mass is 9.92. The molecule has 1 atom stereocenters. The average molecular weight is 354 g/mol. The van der Waals surface area contributed by atoms with Gasteiger partial charge in [0.15, 0.2) is 6.10 Å². The van der Waals surface area contributed by atoms with Gasteiger partial charge in [-0.15, -0.1) is 0 Å². The van der Waals surface area contributed by atoms with Crippen LogP contribution in [0.1, 0.15) is 68.7 Å². The normalized spacial score (nSPS) is 12.3. The zero-order chi connectivity index (χ0) is 19.4. The molecular weight excluding hydrogens is 322 g/mol. The maximum Gasteiger partial charge on any atom is 0.265 e. The molecule has 0 saturated heterocycles. The minimum absolute atomic E-state index is 0.127. The van der Waals surface area contributed by atoms with Gasteiger partial charge in [0.2, 0.25) is 0 Å². The van der Waals surface area contributed by atoms with E-state index in [0.717, 1.165) is 28.1 Å². The number of ether oxygens (including phenoxy) is 1. The average Bonchev–Trinajstić information content (AvgIpc) is 2.57. The van der Waals surface area contributed by atoms with Crippen molar-refractivity contribution in [3.05, 3.63) is 58.7 Å². The number of hydrogen-bond acceptors (Lipinski definition) is 2. The Morgan fingerprint density at radius 1 is 0.885 bits per heavy atom. The Morgan fingerprint density at radius 3 is 1.96 bits per heavy atom. The van der Waals surface area contributed by atoms with E-state index in [-0.39, 0.29) is 5.91 Å². The molecule has 1 amide bonds. The van der Waals surface area contributed by atoms with Gasteiger partial charge in [-0.3, -0.25) is 4.79 Å². The molecule has 0 spiro atoms. The summed E-state index contributed by atoms with van der Waals surface area (Å²) >= 11 is 0. The topological polar surface area (TPSA) is 38.3 Å². The second kappa shape index (κ2) is 8.39. The van der Waals surface area contributed by atoms with Gasteiger partial charge in [0.25, 0.3) is 5.91 Å². The van der Waals surface area contributed by atoms with Crippen LogP contribution in [0.2, 0.25) is 0 Å². The number of hydrogen-bond donors (Lipinski definition) is 1. The van der Waals surface area contributed by atoms with Gasteiger partial charge in [0, 0.05) is 5.69 Å². The Bertz CT molecular complexity index is 752. The fourth-order valence-electron chi connectivity index (χ4n) is 2.97. The molecule has 0 heterocycles. The highest BCUT2D eigenvalue weighted by Crippen LogP contribution is 2.32. The van der Waals surface area contributed by atoms with Crippen LogP contribution in [0.25, 0.3) is 0 Å². The number of anilines is 1. The third kappa shape index (κ3) is 4.66. The maximum absolute atomic E-state index is 12.8. The summed E-state index contributed by atoms with van der Waals surface area (Å²) in [5.41, 5.74) is 5.60. The van der Waals surface area contributed by atoms with E-state index in [9.17, 15) is 4.79 Å². The minimum atomic E-state index is -0.572. The smallest absolute Gasteiger partial charge is 0.265 e. The number of rotatable bonds is 6. The number of benzene rings is 2. The van der Waals surface area contributed by atoms with Crippen molar-refractivity contribution < 1.29 is 9.53 Å². The van der Waals surface area contributed by atoms with Crippen LogP contribution in [0, 0.1) is 13.8 Å². The van der Waals surface area contributed by atoms with Crippen LogP contribution in [-0.4, -0.2) is 12.0 Å². The van der Waals surface area contributed by atoms with E-state index in [1.165, 1.54) is 5.56 Å². The highest BCUT2D eigenvalue weighted by Gasteiger charge is 2.20. The van der Waals surface area contributed by atoms with Crippen molar-refractivity contribution in [2.45, 2.75) is 66.4 Å². The molecule has 3 nitrogen and oxygen atoms in total. The van der Waals surface area contributed by atoms with Crippen molar-refractivity contribution in [1.82, 2.24) is 0 Å². The lowest BCUT2D eigenvalue weighted by Crippen LogP contribution is -2.31. The van der Waals surface area contributed by atoms with Crippen molar-refractivity contribution in [3.63, 3.8) is 0 Å². The summed E-state index contributed by atoms with van der Waals surface area (Å²) in [4.78, 5) is 12.8. The number of carbonyl (C=O) groups is 1. The Kier molecular flexibility index (Phi) is 6.47. The molecule has 0 aliphatic rings. The van der Waals surface area contributed by atoms with Crippen LogP contribution < -0.4 is 10.1 Å². The highest BCUT2D eigenvalue weighted by atomic mass is 16.5. The molecule has 0 bridgehead atoms. The van der Waals surface area contributed by atoms with E-state index in [0.29, 0.717) is 11.8 Å². The molecule has 26 heavy (non-hydrogen) atoms. The summed E-state index contributed by atoms with van der Waals surface area (Å²) in [6, 6.07) is 12.1. The van der Waals surface area contributed by atoms with E-state index in [1.807, 2.05) is 25.1 Å². The second-order valence-corrected chi connectivity index (χ2v) is 7.62. The second-order valence-electron chi connectivity index (χ2n) is 7.62. The molecule has 0 fully saturated rings. The third-order valence-electron chi connectivity index (χ3n) is 4.78. The summed E-state index contributed by atoms with van der Waals surface area (Å²) in [7, 11) is 0. The van der Waals surface area contributed by atoms with Gasteiger partial charge in [-0.25, -0.2) is 0 Å². The van der Waals surface area contributed by atoms with Gasteiger partial charge in [-0.2, -0.15) is 0 Å². The van der Waals surface area contributed by atoms with Crippen molar-refractivity contribution in [3.8, 4) is 5.75 Å². The van der Waals surface area contributed by atoms with Gasteiger partial charge in [-0.05, 0) is 67.0 Å². The number of aryl methyl sites for hydroxylation is 2. The Labute approximate surface area is 157 Å². The van der Waals surface area contributed by atoms with E-state index in [1.54, 1.807) is 6.92 Å². The van der Waals surface area contributed by atoms with Crippen LogP contribution in [-0.2, 0) is 4.79 Å². The molecule has 0 radical (unpaired) electrons. The number of para-hydroxylation sites is 1. The van der Waals surface area contributed by atoms with Crippen molar-refractivity contribution in [2.75, 3.05) is 5.32 Å². The highest BCUT2D eigenvalue weighted by molar-refractivity contribution is 5.95. The number of carbonyl (C=O) groups excluding carboxylic acids is 1. The van der Waals surface area contributed by atoms with Crippen LogP contribution in [0.5, 0.6) is 5.75 Å². The number of amides is 1. The zero-order valence-electron chi connectivity index (χ0n) is 17.0. The van der Waals surface area contributed by atoms with Gasteiger partial charge in [0.1, 0.15) is 5.75 Å². The molecule has 0 aromatic heterocycles. The molecule has 0 aliphatic heterocycles. The van der Waals surface area contributed by atoms with Crippen molar-refractivity contribution in [2.24, 2.45) is 0 Å². The predicted molar refractivity (Wildman–Crippen MR) is 109 cm³/mol. The van der Waals surface area contributed by atoms with Gasteiger partial charge in [-0.1, -0.05) is 52.0 Å². The fraction of sp³-hybridized carbons (Fsp3) is 0.435. The van der Waals surface area contributed by atoms with E-state index >= 15 is 0 Å². The monoisotopic (exact) mass is 353 g/mol. The summed E-state index contributed by atoms with van der Waals surface area (Å²) in [5, 5.41) is 3.12. The molecule has 2 aromatic carbocycles. The maximum atomic E-state index is 12.8. The predicted octanol–water partition coefficient (Wildman–Crippen LogP) is 5.96. The fourth-order valence-corrected chi connectivity index (χ4v) is 2.97. The van der Waals surface area contributed by atoms with Crippen LogP contribution in [0.3, 0.4) is 0 Å². The first kappa shape index (κ1) is 20.0. The Balaban J connectivity index is 2.21.